The normalized spacial score (nSPS) is 13.2. The summed E-state index contributed by atoms with van der Waals surface area (Å²) in [5.74, 6) is 0.846. The fraction of sp³-hybridized carbons (Fsp3) is 0.625. The third-order valence-corrected chi connectivity index (χ3v) is 2.79. The zero-order valence-corrected chi connectivity index (χ0v) is 13.2. The maximum atomic E-state index is 5.92. The average molecular weight is 281 g/mol. The highest BCUT2D eigenvalue weighted by atomic mass is 16.5. The van der Waals surface area contributed by atoms with Crippen LogP contribution in [0.4, 0.5) is 0 Å². The summed E-state index contributed by atoms with van der Waals surface area (Å²) in [6.45, 7) is 8.04. The number of likely N-dealkylation sites (N-methyl/N-ethyl adjacent to an activating group) is 1. The molecule has 1 atom stereocenters. The molecule has 1 aromatic carbocycles. The van der Waals surface area contributed by atoms with Gasteiger partial charge in [0, 0.05) is 6.54 Å². The van der Waals surface area contributed by atoms with Gasteiger partial charge in [-0.1, -0.05) is 12.1 Å². The Balaban J connectivity index is 2.55. The number of benzene rings is 1. The molecule has 1 aromatic rings. The molecule has 0 radical (unpaired) electrons. The number of hydrogen-bond donors (Lipinski definition) is 1. The van der Waals surface area contributed by atoms with Crippen LogP contribution in [-0.2, 0) is 9.47 Å². The van der Waals surface area contributed by atoms with E-state index in [0.29, 0.717) is 13.2 Å². The van der Waals surface area contributed by atoms with Crippen molar-refractivity contribution < 1.29 is 14.2 Å². The molecule has 0 amide bonds. The van der Waals surface area contributed by atoms with E-state index >= 15 is 0 Å². The molecule has 20 heavy (non-hydrogen) atoms. The van der Waals surface area contributed by atoms with Crippen LogP contribution in [-0.4, -0.2) is 39.5 Å². The topological polar surface area (TPSA) is 39.7 Å². The van der Waals surface area contributed by atoms with Gasteiger partial charge < -0.3 is 19.5 Å². The molecule has 1 unspecified atom stereocenters. The highest BCUT2D eigenvalue weighted by Crippen LogP contribution is 2.21. The van der Waals surface area contributed by atoms with Crippen molar-refractivity contribution in [3.05, 3.63) is 29.8 Å². The lowest BCUT2D eigenvalue weighted by molar-refractivity contribution is -0.0516. The maximum absolute atomic E-state index is 5.92. The lowest BCUT2D eigenvalue weighted by Gasteiger charge is -2.22. The maximum Gasteiger partial charge on any atom is 0.119 e. The highest BCUT2D eigenvalue weighted by Gasteiger charge is 2.14. The van der Waals surface area contributed by atoms with E-state index < -0.39 is 0 Å². The van der Waals surface area contributed by atoms with Crippen LogP contribution in [0.3, 0.4) is 0 Å². The second-order valence-corrected chi connectivity index (χ2v) is 5.65. The van der Waals surface area contributed by atoms with Crippen LogP contribution >= 0.6 is 0 Å². The van der Waals surface area contributed by atoms with E-state index in [4.69, 9.17) is 14.2 Å². The molecule has 1 N–H and O–H groups in total. The second-order valence-electron chi connectivity index (χ2n) is 5.65. The molecule has 4 heteroatoms. The van der Waals surface area contributed by atoms with Crippen LogP contribution in [0.5, 0.6) is 5.75 Å². The van der Waals surface area contributed by atoms with Crippen LogP contribution in [0, 0.1) is 0 Å². The molecule has 4 nitrogen and oxygen atoms in total. The molecule has 114 valence electrons. The van der Waals surface area contributed by atoms with Crippen molar-refractivity contribution in [2.75, 3.05) is 33.9 Å². The minimum Gasteiger partial charge on any atom is -0.497 e. The van der Waals surface area contributed by atoms with Gasteiger partial charge in [-0.2, -0.15) is 0 Å². The van der Waals surface area contributed by atoms with Crippen LogP contribution in [0.2, 0.25) is 0 Å². The quantitative estimate of drug-likeness (QED) is 0.744. The number of methoxy groups -OCH3 is 1. The van der Waals surface area contributed by atoms with Crippen molar-refractivity contribution in [1.82, 2.24) is 5.32 Å². The van der Waals surface area contributed by atoms with Gasteiger partial charge in [-0.25, -0.2) is 0 Å². The predicted octanol–water partition coefficient (Wildman–Crippen LogP) is 2.79. The summed E-state index contributed by atoms with van der Waals surface area (Å²) in [6.07, 6.45) is -0.00123. The first-order valence-electron chi connectivity index (χ1n) is 7.00. The zero-order chi connectivity index (χ0) is 15.0. The molecule has 1 rings (SSSR count). The third kappa shape index (κ3) is 6.37. The van der Waals surface area contributed by atoms with Crippen molar-refractivity contribution in [1.29, 1.82) is 0 Å². The van der Waals surface area contributed by atoms with Crippen molar-refractivity contribution in [3.63, 3.8) is 0 Å². The molecule has 0 heterocycles. The minimum atomic E-state index is -0.127. The van der Waals surface area contributed by atoms with Gasteiger partial charge in [0.15, 0.2) is 0 Å². The first-order chi connectivity index (χ1) is 9.46. The molecule has 0 aromatic heterocycles. The molecule has 0 spiro atoms. The molecular formula is C16H27NO3. The standard InChI is InChI=1S/C16H27NO3/c1-16(2,3)20-10-9-19-15(12-17-4)13-7-6-8-14(11-13)18-5/h6-8,11,15,17H,9-10,12H2,1-5H3. The monoisotopic (exact) mass is 281 g/mol. The van der Waals surface area contributed by atoms with Crippen molar-refractivity contribution >= 4 is 0 Å². The summed E-state index contributed by atoms with van der Waals surface area (Å²) in [5.41, 5.74) is 0.979. The second kappa shape index (κ2) is 8.25. The lowest BCUT2D eigenvalue weighted by Crippen LogP contribution is -2.25. The fourth-order valence-corrected chi connectivity index (χ4v) is 1.84. The van der Waals surface area contributed by atoms with Crippen LogP contribution in [0.15, 0.2) is 24.3 Å². The van der Waals surface area contributed by atoms with Gasteiger partial charge in [-0.15, -0.1) is 0 Å². The molecule has 0 aliphatic rings. The van der Waals surface area contributed by atoms with Gasteiger partial charge >= 0.3 is 0 Å². The highest BCUT2D eigenvalue weighted by molar-refractivity contribution is 5.30. The Morgan fingerprint density at radius 1 is 1.20 bits per heavy atom. The van der Waals surface area contributed by atoms with Gasteiger partial charge in [0.1, 0.15) is 5.75 Å². The fourth-order valence-electron chi connectivity index (χ4n) is 1.84. The van der Waals surface area contributed by atoms with Crippen molar-refractivity contribution in [2.45, 2.75) is 32.5 Å². The number of hydrogen-bond acceptors (Lipinski definition) is 4. The van der Waals surface area contributed by atoms with Gasteiger partial charge in [0.2, 0.25) is 0 Å². The van der Waals surface area contributed by atoms with E-state index in [-0.39, 0.29) is 11.7 Å². The largest absolute Gasteiger partial charge is 0.497 e. The van der Waals surface area contributed by atoms with Crippen LogP contribution < -0.4 is 10.1 Å². The third-order valence-electron chi connectivity index (χ3n) is 2.79. The average Bonchev–Trinajstić information content (AvgIpc) is 2.41. The van der Waals surface area contributed by atoms with E-state index in [9.17, 15) is 0 Å². The Hall–Kier alpha value is -1.10. The van der Waals surface area contributed by atoms with E-state index in [0.717, 1.165) is 17.9 Å². The van der Waals surface area contributed by atoms with E-state index in [1.807, 2.05) is 46.0 Å². The van der Waals surface area contributed by atoms with E-state index in [1.165, 1.54) is 0 Å². The minimum absolute atomic E-state index is 0.00123. The number of nitrogens with one attached hydrogen (secondary N) is 1. The smallest absolute Gasteiger partial charge is 0.119 e. The van der Waals surface area contributed by atoms with Gasteiger partial charge in [0.05, 0.1) is 32.0 Å². The SMILES string of the molecule is CNCC(OCCOC(C)(C)C)c1cccc(OC)c1. The Bertz CT molecular complexity index is 388. The molecular weight excluding hydrogens is 254 g/mol. The number of ether oxygens (including phenoxy) is 3. The summed E-state index contributed by atoms with van der Waals surface area (Å²) in [4.78, 5) is 0. The number of rotatable bonds is 8. The Morgan fingerprint density at radius 3 is 2.55 bits per heavy atom. The van der Waals surface area contributed by atoms with Crippen molar-refractivity contribution in [3.8, 4) is 5.75 Å². The molecule has 0 aliphatic carbocycles. The van der Waals surface area contributed by atoms with Crippen molar-refractivity contribution in [2.24, 2.45) is 0 Å². The molecule has 0 fully saturated rings. The van der Waals surface area contributed by atoms with Gasteiger partial charge in [-0.05, 0) is 45.5 Å². The summed E-state index contributed by atoms with van der Waals surface area (Å²) < 4.78 is 16.8. The Kier molecular flexibility index (Phi) is 6.99. The molecule has 0 aliphatic heterocycles. The Morgan fingerprint density at radius 2 is 1.95 bits per heavy atom. The van der Waals surface area contributed by atoms with Gasteiger partial charge in [-0.3, -0.25) is 0 Å². The predicted molar refractivity (Wildman–Crippen MR) is 81.3 cm³/mol. The summed E-state index contributed by atoms with van der Waals surface area (Å²) >= 11 is 0. The zero-order valence-electron chi connectivity index (χ0n) is 13.2. The molecule has 0 saturated heterocycles. The van der Waals surface area contributed by atoms with Gasteiger partial charge in [0.25, 0.3) is 0 Å². The Labute approximate surface area is 122 Å². The van der Waals surface area contributed by atoms with Crippen LogP contribution in [0.1, 0.15) is 32.4 Å². The molecule has 0 bridgehead atoms. The molecule has 0 saturated carbocycles. The van der Waals surface area contributed by atoms with E-state index in [1.54, 1.807) is 7.11 Å². The van der Waals surface area contributed by atoms with Crippen LogP contribution in [0.25, 0.3) is 0 Å². The first kappa shape index (κ1) is 17.0. The lowest BCUT2D eigenvalue weighted by atomic mass is 10.1. The van der Waals surface area contributed by atoms with E-state index in [2.05, 4.69) is 11.4 Å². The summed E-state index contributed by atoms with van der Waals surface area (Å²) in [5, 5.41) is 3.15. The summed E-state index contributed by atoms with van der Waals surface area (Å²) in [7, 11) is 3.59. The summed E-state index contributed by atoms with van der Waals surface area (Å²) in [6, 6.07) is 7.97. The first-order valence-corrected chi connectivity index (χ1v) is 7.00.